The van der Waals surface area contributed by atoms with Crippen LogP contribution in [0.15, 0.2) is 182 Å². The number of fused-ring (bicyclic) bond motifs is 11. The second-order valence-electron chi connectivity index (χ2n) is 14.2. The molecule has 9 aromatic carbocycles. The lowest BCUT2D eigenvalue weighted by molar-refractivity contribution is 1.01. The maximum Gasteiger partial charge on any atom is 0.235 e. The third kappa shape index (κ3) is 4.13. The van der Waals surface area contributed by atoms with E-state index in [9.17, 15) is 0 Å². The number of hydrogen-bond acceptors (Lipinski definition) is 2. The van der Waals surface area contributed by atoms with Crippen molar-refractivity contribution in [3.8, 4) is 22.9 Å². The first-order valence-corrected chi connectivity index (χ1v) is 18.4. The van der Waals surface area contributed by atoms with Crippen LogP contribution in [-0.4, -0.2) is 19.1 Å². The highest BCUT2D eigenvalue weighted by Gasteiger charge is 2.21. The standard InChI is InChI=1S/C50H30N4/c1-2-15-34-29-46-43(28-33(34)14-1)39-27-25-35(53-45-23-10-8-19-38(45)41-26-24-32-13-4-6-18-37(32)49(41)53)30-47(39)54(46)50-51-44-22-9-7-20-42(44)48(52-50)40-21-11-16-31-12-3-5-17-36(31)40/h1-30H. The molecule has 0 aliphatic rings. The first-order valence-electron chi connectivity index (χ1n) is 18.4. The van der Waals surface area contributed by atoms with Gasteiger partial charge in [0, 0.05) is 43.6 Å². The van der Waals surface area contributed by atoms with Crippen molar-refractivity contribution in [1.29, 1.82) is 0 Å². The molecule has 12 rings (SSSR count). The second kappa shape index (κ2) is 11.1. The van der Waals surface area contributed by atoms with Gasteiger partial charge in [-0.3, -0.25) is 4.57 Å². The van der Waals surface area contributed by atoms with Crippen LogP contribution in [0.1, 0.15) is 0 Å². The van der Waals surface area contributed by atoms with E-state index in [4.69, 9.17) is 9.97 Å². The van der Waals surface area contributed by atoms with Gasteiger partial charge in [-0.05, 0) is 63.3 Å². The Labute approximate surface area is 309 Å². The highest BCUT2D eigenvalue weighted by molar-refractivity contribution is 6.19. The molecule has 0 saturated carbocycles. The highest BCUT2D eigenvalue weighted by atomic mass is 15.2. The predicted molar refractivity (Wildman–Crippen MR) is 226 cm³/mol. The monoisotopic (exact) mass is 686 g/mol. The van der Waals surface area contributed by atoms with E-state index in [1.54, 1.807) is 0 Å². The quantitative estimate of drug-likeness (QED) is 0.185. The van der Waals surface area contributed by atoms with E-state index >= 15 is 0 Å². The molecule has 12 aromatic rings. The molecule has 3 aromatic heterocycles. The van der Waals surface area contributed by atoms with E-state index in [2.05, 4.69) is 191 Å². The molecule has 0 aliphatic carbocycles. The molecule has 54 heavy (non-hydrogen) atoms. The van der Waals surface area contributed by atoms with Crippen LogP contribution >= 0.6 is 0 Å². The van der Waals surface area contributed by atoms with Crippen LogP contribution in [0, 0.1) is 0 Å². The topological polar surface area (TPSA) is 35.6 Å². The van der Waals surface area contributed by atoms with E-state index in [-0.39, 0.29) is 0 Å². The molecule has 0 aliphatic heterocycles. The van der Waals surface area contributed by atoms with Crippen molar-refractivity contribution in [1.82, 2.24) is 19.1 Å². The number of nitrogens with zero attached hydrogens (tertiary/aromatic N) is 4. The van der Waals surface area contributed by atoms with Gasteiger partial charge in [0.15, 0.2) is 0 Å². The molecule has 0 bridgehead atoms. The van der Waals surface area contributed by atoms with E-state index < -0.39 is 0 Å². The van der Waals surface area contributed by atoms with Gasteiger partial charge >= 0.3 is 0 Å². The fourth-order valence-corrected chi connectivity index (χ4v) is 8.85. The zero-order valence-electron chi connectivity index (χ0n) is 29.1. The number of benzene rings is 9. The number of hydrogen-bond donors (Lipinski definition) is 0. The van der Waals surface area contributed by atoms with Gasteiger partial charge in [0.2, 0.25) is 5.95 Å². The summed E-state index contributed by atoms with van der Waals surface area (Å²) in [5, 5.41) is 13.0. The van der Waals surface area contributed by atoms with Gasteiger partial charge in [-0.2, -0.15) is 0 Å². The fraction of sp³-hybridized carbons (Fsp3) is 0. The zero-order valence-corrected chi connectivity index (χ0v) is 29.1. The molecular formula is C50H30N4. The average Bonchev–Trinajstić information content (AvgIpc) is 3.74. The predicted octanol–water partition coefficient (Wildman–Crippen LogP) is 13.0. The van der Waals surface area contributed by atoms with Crippen LogP contribution in [0.25, 0.3) is 110 Å². The maximum absolute atomic E-state index is 5.52. The first kappa shape index (κ1) is 29.3. The molecule has 0 atom stereocenters. The Balaban J connectivity index is 1.22. The summed E-state index contributed by atoms with van der Waals surface area (Å²) in [6.45, 7) is 0. The van der Waals surface area contributed by atoms with Crippen LogP contribution < -0.4 is 0 Å². The SMILES string of the molecule is c1ccc2cc3c(cc2c1)c1ccc(-n2c4ccccc4c4ccc5ccccc5c42)cc1n3-c1nc(-c2cccc3ccccc23)c2ccccc2n1. The van der Waals surface area contributed by atoms with Crippen molar-refractivity contribution in [2.45, 2.75) is 0 Å². The Morgan fingerprint density at radius 3 is 1.80 bits per heavy atom. The van der Waals surface area contributed by atoms with E-state index in [0.29, 0.717) is 5.95 Å². The van der Waals surface area contributed by atoms with Gasteiger partial charge in [-0.25, -0.2) is 9.97 Å². The van der Waals surface area contributed by atoms with Gasteiger partial charge < -0.3 is 4.57 Å². The van der Waals surface area contributed by atoms with Crippen LogP contribution in [0.2, 0.25) is 0 Å². The smallest absolute Gasteiger partial charge is 0.235 e. The molecule has 0 spiro atoms. The number of rotatable bonds is 3. The van der Waals surface area contributed by atoms with Gasteiger partial charge in [0.1, 0.15) is 0 Å². The Morgan fingerprint density at radius 1 is 0.333 bits per heavy atom. The molecule has 0 radical (unpaired) electrons. The Bertz CT molecular complexity index is 3510. The second-order valence-corrected chi connectivity index (χ2v) is 14.2. The zero-order chi connectivity index (χ0) is 35.3. The van der Waals surface area contributed by atoms with Crippen molar-refractivity contribution in [2.24, 2.45) is 0 Å². The minimum absolute atomic E-state index is 0.650. The Morgan fingerprint density at radius 2 is 0.944 bits per heavy atom. The van der Waals surface area contributed by atoms with Crippen LogP contribution in [0.3, 0.4) is 0 Å². The van der Waals surface area contributed by atoms with Crippen molar-refractivity contribution >= 4 is 86.8 Å². The summed E-state index contributed by atoms with van der Waals surface area (Å²) in [6.07, 6.45) is 0. The van der Waals surface area contributed by atoms with Gasteiger partial charge in [-0.1, -0.05) is 146 Å². The van der Waals surface area contributed by atoms with Gasteiger partial charge in [0.05, 0.1) is 33.3 Å². The third-order valence-electron chi connectivity index (χ3n) is 11.3. The normalized spacial score (nSPS) is 12.1. The molecule has 4 nitrogen and oxygen atoms in total. The number of aromatic nitrogens is 4. The summed E-state index contributed by atoms with van der Waals surface area (Å²) in [6, 6.07) is 65.5. The van der Waals surface area contributed by atoms with E-state index in [0.717, 1.165) is 44.3 Å². The lowest BCUT2D eigenvalue weighted by Crippen LogP contribution is -2.04. The molecular weight excluding hydrogens is 657 g/mol. The summed E-state index contributed by atoms with van der Waals surface area (Å²) >= 11 is 0. The lowest BCUT2D eigenvalue weighted by Gasteiger charge is -2.14. The molecule has 0 fully saturated rings. The molecule has 0 N–H and O–H groups in total. The molecule has 0 amide bonds. The van der Waals surface area contributed by atoms with Crippen LogP contribution in [-0.2, 0) is 0 Å². The third-order valence-corrected chi connectivity index (χ3v) is 11.3. The Kier molecular flexibility index (Phi) is 6.02. The van der Waals surface area contributed by atoms with E-state index in [1.165, 1.54) is 59.5 Å². The summed E-state index contributed by atoms with van der Waals surface area (Å²) < 4.78 is 4.72. The Hall–Kier alpha value is -7.30. The van der Waals surface area contributed by atoms with Crippen LogP contribution in [0.4, 0.5) is 0 Å². The molecule has 250 valence electrons. The van der Waals surface area contributed by atoms with Gasteiger partial charge in [-0.15, -0.1) is 0 Å². The van der Waals surface area contributed by atoms with Crippen molar-refractivity contribution in [2.75, 3.05) is 0 Å². The van der Waals surface area contributed by atoms with E-state index in [1.807, 2.05) is 0 Å². The van der Waals surface area contributed by atoms with Gasteiger partial charge in [0.25, 0.3) is 0 Å². The van der Waals surface area contributed by atoms with Crippen LogP contribution in [0.5, 0.6) is 0 Å². The summed E-state index contributed by atoms with van der Waals surface area (Å²) in [4.78, 5) is 10.9. The minimum Gasteiger partial charge on any atom is -0.309 e. The van der Waals surface area contributed by atoms with Crippen molar-refractivity contribution < 1.29 is 0 Å². The number of para-hydroxylation sites is 2. The average molecular weight is 687 g/mol. The fourth-order valence-electron chi connectivity index (χ4n) is 8.85. The summed E-state index contributed by atoms with van der Waals surface area (Å²) in [5.74, 6) is 0.650. The lowest BCUT2D eigenvalue weighted by atomic mass is 9.99. The highest BCUT2D eigenvalue weighted by Crippen LogP contribution is 2.41. The first-order chi connectivity index (χ1) is 26.8. The molecule has 0 saturated heterocycles. The van der Waals surface area contributed by atoms with Crippen molar-refractivity contribution in [3.63, 3.8) is 0 Å². The molecule has 0 unspecified atom stereocenters. The molecule has 4 heteroatoms. The van der Waals surface area contributed by atoms with Crippen molar-refractivity contribution in [3.05, 3.63) is 182 Å². The minimum atomic E-state index is 0.650. The molecule has 3 heterocycles. The summed E-state index contributed by atoms with van der Waals surface area (Å²) in [7, 11) is 0. The summed E-state index contributed by atoms with van der Waals surface area (Å²) in [5.41, 5.74) is 8.54. The maximum atomic E-state index is 5.52. The largest absolute Gasteiger partial charge is 0.309 e.